The van der Waals surface area contributed by atoms with Crippen LogP contribution in [0.2, 0.25) is 0 Å². The second-order valence-corrected chi connectivity index (χ2v) is 12.6. The summed E-state index contributed by atoms with van der Waals surface area (Å²) in [5, 5.41) is 25.3. The van der Waals surface area contributed by atoms with Gasteiger partial charge in [0.15, 0.2) is 5.79 Å². The molecule has 40 heavy (non-hydrogen) atoms. The van der Waals surface area contributed by atoms with E-state index in [2.05, 4.69) is 45.0 Å². The number of aliphatic hydroxyl groups is 1. The third-order valence-corrected chi connectivity index (χ3v) is 9.45. The maximum Gasteiger partial charge on any atom is 0.316 e. The molecule has 8 nitrogen and oxygen atoms in total. The maximum absolute atomic E-state index is 13.9. The van der Waals surface area contributed by atoms with E-state index in [-0.39, 0.29) is 30.4 Å². The molecule has 0 amide bonds. The van der Waals surface area contributed by atoms with Crippen molar-refractivity contribution < 1.29 is 34.1 Å². The molecule has 1 aliphatic carbocycles. The lowest BCUT2D eigenvalue weighted by molar-refractivity contribution is -0.335. The molecule has 8 heteroatoms. The highest BCUT2D eigenvalue weighted by atomic mass is 16.7. The fraction of sp³-hybridized carbons (Fsp3) is 0.688. The fourth-order valence-corrected chi connectivity index (χ4v) is 7.22. The van der Waals surface area contributed by atoms with E-state index in [0.29, 0.717) is 29.9 Å². The summed E-state index contributed by atoms with van der Waals surface area (Å²) in [5.41, 5.74) is 0.922. The number of nitrogens with zero attached hydrogens (tertiary/aromatic N) is 1. The second kappa shape index (κ2) is 11.6. The zero-order valence-electron chi connectivity index (χ0n) is 24.5. The molecule has 0 aromatic rings. The van der Waals surface area contributed by atoms with Crippen molar-refractivity contribution >= 4 is 11.7 Å². The van der Waals surface area contributed by atoms with Gasteiger partial charge in [0, 0.05) is 19.3 Å². The smallest absolute Gasteiger partial charge is 0.316 e. The molecule has 5 aliphatic rings. The summed E-state index contributed by atoms with van der Waals surface area (Å²) in [7, 11) is 0. The molecule has 0 unspecified atom stereocenters. The Hall–Kier alpha value is -2.26. The third kappa shape index (κ3) is 5.48. The molecule has 0 aromatic carbocycles. The molecule has 2 N–H and O–H groups in total. The minimum Gasteiger partial charge on any atom is -0.462 e. The summed E-state index contributed by atoms with van der Waals surface area (Å²) in [6, 6.07) is 0. The number of carbonyl (C=O) groups is 1. The van der Waals surface area contributed by atoms with E-state index in [9.17, 15) is 15.1 Å². The molecular weight excluding hydrogens is 510 g/mol. The lowest BCUT2D eigenvalue weighted by Gasteiger charge is -2.49. The number of ether oxygens (including phenoxy) is 4. The van der Waals surface area contributed by atoms with Crippen molar-refractivity contribution in [2.24, 2.45) is 22.9 Å². The lowest BCUT2D eigenvalue weighted by Crippen LogP contribution is -2.57. The predicted molar refractivity (Wildman–Crippen MR) is 151 cm³/mol. The minimum absolute atomic E-state index is 0.0940. The molecule has 4 heterocycles. The SMILES string of the molecule is CC[C@H]1O[C@]2(CC[C@@H]1C)C[C@@H]1C[C@@H](CC=C(C)C[C@@H](C)C=CC=C3CO[C@@H]4/C(=N/O)C(C)=C[C@@H](C(=O)O1)[C@]34O)O2. The van der Waals surface area contributed by atoms with Gasteiger partial charge in [0.1, 0.15) is 29.4 Å². The molecule has 2 bridgehead atoms. The summed E-state index contributed by atoms with van der Waals surface area (Å²) < 4.78 is 25.5. The van der Waals surface area contributed by atoms with Crippen LogP contribution in [-0.2, 0) is 23.7 Å². The van der Waals surface area contributed by atoms with Crippen LogP contribution in [0.4, 0.5) is 0 Å². The topological polar surface area (TPSA) is 107 Å². The average molecular weight is 556 g/mol. The molecule has 9 atom stereocenters. The van der Waals surface area contributed by atoms with Crippen molar-refractivity contribution in [1.82, 2.24) is 0 Å². The van der Waals surface area contributed by atoms with Crippen LogP contribution >= 0.6 is 0 Å². The summed E-state index contributed by atoms with van der Waals surface area (Å²) in [4.78, 5) is 13.9. The van der Waals surface area contributed by atoms with Crippen LogP contribution in [0.3, 0.4) is 0 Å². The van der Waals surface area contributed by atoms with Crippen molar-refractivity contribution in [2.75, 3.05) is 6.61 Å². The van der Waals surface area contributed by atoms with Crippen LogP contribution < -0.4 is 0 Å². The van der Waals surface area contributed by atoms with Crippen LogP contribution in [0, 0.1) is 17.8 Å². The number of oxime groups is 1. The Labute approximate surface area is 237 Å². The van der Waals surface area contributed by atoms with E-state index in [1.807, 2.05) is 12.2 Å². The van der Waals surface area contributed by atoms with Gasteiger partial charge in [-0.05, 0) is 62.5 Å². The molecular formula is C32H45NO7. The number of rotatable bonds is 1. The van der Waals surface area contributed by atoms with E-state index in [0.717, 1.165) is 32.1 Å². The van der Waals surface area contributed by atoms with Crippen LogP contribution in [0.1, 0.15) is 79.6 Å². The van der Waals surface area contributed by atoms with Gasteiger partial charge in [0.25, 0.3) is 0 Å². The zero-order valence-corrected chi connectivity index (χ0v) is 24.5. The van der Waals surface area contributed by atoms with Crippen LogP contribution in [0.5, 0.6) is 0 Å². The lowest BCUT2D eigenvalue weighted by atomic mass is 9.71. The van der Waals surface area contributed by atoms with Gasteiger partial charge in [-0.15, -0.1) is 0 Å². The quantitative estimate of drug-likeness (QED) is 0.193. The molecule has 0 radical (unpaired) electrons. The summed E-state index contributed by atoms with van der Waals surface area (Å²) in [6.07, 6.45) is 13.6. The summed E-state index contributed by atoms with van der Waals surface area (Å²) in [5.74, 6) is -1.60. The molecule has 3 fully saturated rings. The van der Waals surface area contributed by atoms with Crippen molar-refractivity contribution in [1.29, 1.82) is 0 Å². The summed E-state index contributed by atoms with van der Waals surface area (Å²) >= 11 is 0. The largest absolute Gasteiger partial charge is 0.462 e. The first-order valence-corrected chi connectivity index (χ1v) is 14.9. The number of carbonyl (C=O) groups excluding carboxylic acids is 1. The Balaban J connectivity index is 1.53. The third-order valence-electron chi connectivity index (χ3n) is 9.45. The van der Waals surface area contributed by atoms with E-state index in [4.69, 9.17) is 18.9 Å². The Morgan fingerprint density at radius 3 is 2.73 bits per heavy atom. The normalized spacial score (nSPS) is 43.5. The van der Waals surface area contributed by atoms with Gasteiger partial charge in [0.05, 0.1) is 18.8 Å². The van der Waals surface area contributed by atoms with Gasteiger partial charge in [-0.3, -0.25) is 4.79 Å². The molecule has 0 aromatic heterocycles. The van der Waals surface area contributed by atoms with Crippen molar-refractivity contribution in [2.45, 2.75) is 115 Å². The van der Waals surface area contributed by atoms with Crippen molar-refractivity contribution in [3.8, 4) is 0 Å². The number of hydrogen-bond donors (Lipinski definition) is 2. The maximum atomic E-state index is 13.9. The molecule has 1 spiro atoms. The van der Waals surface area contributed by atoms with E-state index < -0.39 is 35.5 Å². The van der Waals surface area contributed by atoms with Gasteiger partial charge in [-0.25, -0.2) is 0 Å². The number of fused-ring (bicyclic) bond motifs is 2. The standard InChI is InChI=1S/C32H45NO7/c1-6-27-21(4)12-13-31(40-27)17-25-16-24(39-31)11-10-20(3)14-19(2)8-7-9-23-18-37-29-28(33-36)22(5)15-26(30(34)38-25)32(23,29)35/h7-10,15,19,21,24-27,29,35-36H,6,11-14,16-18H2,1-5H3/b8-7?,20-10?,23-9?,33-28+/t19-,21-,24+,25-,26-,27+,29+,31+,32+/m0/s1. The minimum atomic E-state index is -1.72. The highest BCUT2D eigenvalue weighted by molar-refractivity contribution is 6.06. The van der Waals surface area contributed by atoms with Crippen LogP contribution in [-0.4, -0.2) is 64.4 Å². The van der Waals surface area contributed by atoms with Crippen molar-refractivity contribution in [3.05, 3.63) is 47.1 Å². The first kappa shape index (κ1) is 29.2. The average Bonchev–Trinajstić information content (AvgIpc) is 3.24. The second-order valence-electron chi connectivity index (χ2n) is 12.6. The van der Waals surface area contributed by atoms with Gasteiger partial charge >= 0.3 is 5.97 Å². The van der Waals surface area contributed by atoms with Gasteiger partial charge in [-0.1, -0.05) is 61.9 Å². The molecule has 3 saturated heterocycles. The van der Waals surface area contributed by atoms with Gasteiger partial charge in [-0.2, -0.15) is 0 Å². The van der Waals surface area contributed by atoms with Crippen LogP contribution in [0.25, 0.3) is 0 Å². The molecule has 5 rings (SSSR count). The fourth-order valence-electron chi connectivity index (χ4n) is 7.22. The first-order valence-electron chi connectivity index (χ1n) is 14.9. The summed E-state index contributed by atoms with van der Waals surface area (Å²) in [6.45, 7) is 10.5. The zero-order chi connectivity index (χ0) is 28.7. The molecule has 0 saturated carbocycles. The Bertz CT molecular complexity index is 1140. The van der Waals surface area contributed by atoms with E-state index in [1.165, 1.54) is 5.57 Å². The monoisotopic (exact) mass is 555 g/mol. The first-order chi connectivity index (χ1) is 19.1. The van der Waals surface area contributed by atoms with E-state index in [1.54, 1.807) is 13.0 Å². The number of hydrogen-bond acceptors (Lipinski definition) is 8. The number of allylic oxidation sites excluding steroid dienone is 4. The predicted octanol–water partition coefficient (Wildman–Crippen LogP) is 5.39. The molecule has 220 valence electrons. The Morgan fingerprint density at radius 1 is 1.18 bits per heavy atom. The molecule has 4 aliphatic heterocycles. The van der Waals surface area contributed by atoms with Gasteiger partial charge in [0.2, 0.25) is 0 Å². The number of esters is 1. The highest BCUT2D eigenvalue weighted by Crippen LogP contribution is 2.46. The Morgan fingerprint density at radius 2 is 1.98 bits per heavy atom. The van der Waals surface area contributed by atoms with Crippen molar-refractivity contribution in [3.63, 3.8) is 0 Å². The van der Waals surface area contributed by atoms with Crippen LogP contribution in [0.15, 0.2) is 52.3 Å². The Kier molecular flexibility index (Phi) is 8.44. The van der Waals surface area contributed by atoms with E-state index >= 15 is 0 Å². The van der Waals surface area contributed by atoms with Gasteiger partial charge < -0.3 is 29.3 Å². The highest BCUT2D eigenvalue weighted by Gasteiger charge is 2.59.